The van der Waals surface area contributed by atoms with Crippen LogP contribution in [0.1, 0.15) is 18.2 Å². The molecule has 1 aromatic heterocycles. The molecule has 9 nitrogen and oxygen atoms in total. The van der Waals surface area contributed by atoms with Crippen molar-refractivity contribution in [3.63, 3.8) is 0 Å². The monoisotopic (exact) mass is 463 g/mol. The summed E-state index contributed by atoms with van der Waals surface area (Å²) >= 11 is 0. The van der Waals surface area contributed by atoms with Crippen LogP contribution in [0.15, 0.2) is 58.6 Å². The Morgan fingerprint density at radius 1 is 1.09 bits per heavy atom. The molecule has 0 atom stereocenters. The summed E-state index contributed by atoms with van der Waals surface area (Å²) in [6.07, 6.45) is 1.46. The number of carbonyl (C=O) groups excluding carboxylic acids is 1. The second-order valence-corrected chi connectivity index (χ2v) is 6.96. The third-order valence-corrected chi connectivity index (χ3v) is 4.46. The minimum absolute atomic E-state index is 0.0940. The Morgan fingerprint density at radius 3 is 2.59 bits per heavy atom. The fourth-order valence-electron chi connectivity index (χ4n) is 2.93. The Morgan fingerprint density at radius 2 is 1.88 bits per heavy atom. The smallest absolute Gasteiger partial charge is 0.267 e. The third kappa shape index (κ3) is 6.77. The number of ether oxygens (including phenoxy) is 4. The van der Waals surface area contributed by atoms with Crippen LogP contribution in [0.3, 0.4) is 0 Å². The van der Waals surface area contributed by atoms with Gasteiger partial charge in [0.2, 0.25) is 0 Å². The summed E-state index contributed by atoms with van der Waals surface area (Å²) in [5.74, 6) is 2.58. The molecule has 1 amide bonds. The van der Waals surface area contributed by atoms with E-state index in [2.05, 4.69) is 10.5 Å². The van der Waals surface area contributed by atoms with Gasteiger partial charge in [0.1, 0.15) is 42.1 Å². The fraction of sp³-hybridized carbons (Fsp3) is 0.240. The van der Waals surface area contributed by atoms with Crippen LogP contribution in [-0.4, -0.2) is 38.0 Å². The van der Waals surface area contributed by atoms with Crippen molar-refractivity contribution in [1.82, 2.24) is 5.16 Å². The summed E-state index contributed by atoms with van der Waals surface area (Å²) in [5, 5.41) is 15.7. The molecule has 0 saturated heterocycles. The SMILES string of the molecule is CCOc1cc(C=C(C#N)C(=O)Nc2cc(C)on2)ccc1OCCOc1cccc(OC)c1. The van der Waals surface area contributed by atoms with Crippen LogP contribution < -0.4 is 24.3 Å². The highest BCUT2D eigenvalue weighted by Crippen LogP contribution is 2.29. The number of carbonyl (C=O) groups is 1. The Labute approximate surface area is 197 Å². The van der Waals surface area contributed by atoms with E-state index >= 15 is 0 Å². The van der Waals surface area contributed by atoms with Crippen molar-refractivity contribution < 1.29 is 28.3 Å². The topological polar surface area (TPSA) is 116 Å². The molecule has 0 bridgehead atoms. The van der Waals surface area contributed by atoms with E-state index in [-0.39, 0.29) is 18.0 Å². The van der Waals surface area contributed by atoms with E-state index in [1.165, 1.54) is 6.08 Å². The second kappa shape index (κ2) is 12.0. The van der Waals surface area contributed by atoms with Crippen LogP contribution in [0.5, 0.6) is 23.0 Å². The molecule has 3 aromatic rings. The lowest BCUT2D eigenvalue weighted by molar-refractivity contribution is -0.112. The van der Waals surface area contributed by atoms with Gasteiger partial charge in [-0.2, -0.15) is 5.26 Å². The summed E-state index contributed by atoms with van der Waals surface area (Å²) in [6.45, 7) is 4.58. The standard InChI is InChI=1S/C25H25N3O6/c1-4-31-23-14-18(13-19(16-26)25(29)27-24-12-17(2)34-28-24)8-9-22(23)33-11-10-32-21-7-5-6-20(15-21)30-3/h5-9,12-15H,4,10-11H2,1-3H3,(H,27,28,29). The molecular weight excluding hydrogens is 438 g/mol. The van der Waals surface area contributed by atoms with E-state index in [0.717, 1.165) is 0 Å². The summed E-state index contributed by atoms with van der Waals surface area (Å²) in [6, 6.07) is 15.9. The number of methoxy groups -OCH3 is 1. The van der Waals surface area contributed by atoms with Gasteiger partial charge in [0, 0.05) is 12.1 Å². The number of aryl methyl sites for hydroxylation is 1. The van der Waals surface area contributed by atoms with E-state index < -0.39 is 5.91 Å². The third-order valence-electron chi connectivity index (χ3n) is 4.46. The second-order valence-electron chi connectivity index (χ2n) is 6.96. The molecule has 3 rings (SSSR count). The van der Waals surface area contributed by atoms with Crippen LogP contribution in [0.2, 0.25) is 0 Å². The molecule has 176 valence electrons. The predicted molar refractivity (Wildman–Crippen MR) is 125 cm³/mol. The van der Waals surface area contributed by atoms with Crippen molar-refractivity contribution in [2.75, 3.05) is 32.2 Å². The first-order valence-electron chi connectivity index (χ1n) is 10.6. The van der Waals surface area contributed by atoms with E-state index in [0.29, 0.717) is 47.5 Å². The molecule has 0 saturated carbocycles. The normalized spacial score (nSPS) is 10.8. The molecule has 0 aliphatic rings. The van der Waals surface area contributed by atoms with E-state index in [1.54, 1.807) is 44.4 Å². The number of amides is 1. The maximum atomic E-state index is 12.4. The Balaban J connectivity index is 1.65. The van der Waals surface area contributed by atoms with Gasteiger partial charge in [-0.05, 0) is 49.8 Å². The lowest BCUT2D eigenvalue weighted by Gasteiger charge is -2.13. The van der Waals surface area contributed by atoms with Crippen LogP contribution >= 0.6 is 0 Å². The van der Waals surface area contributed by atoms with Crippen LogP contribution in [0.4, 0.5) is 5.82 Å². The van der Waals surface area contributed by atoms with Gasteiger partial charge < -0.3 is 28.8 Å². The van der Waals surface area contributed by atoms with Crippen molar-refractivity contribution in [2.45, 2.75) is 13.8 Å². The fourth-order valence-corrected chi connectivity index (χ4v) is 2.93. The van der Waals surface area contributed by atoms with Crippen molar-refractivity contribution in [3.05, 3.63) is 65.4 Å². The largest absolute Gasteiger partial charge is 0.497 e. The minimum atomic E-state index is -0.594. The number of nitrogens with zero attached hydrogens (tertiary/aromatic N) is 2. The van der Waals surface area contributed by atoms with Crippen molar-refractivity contribution in [3.8, 4) is 29.1 Å². The highest BCUT2D eigenvalue weighted by molar-refractivity contribution is 6.09. The molecule has 9 heteroatoms. The van der Waals surface area contributed by atoms with Crippen LogP contribution in [0, 0.1) is 18.3 Å². The number of nitrogens with one attached hydrogen (secondary N) is 1. The highest BCUT2D eigenvalue weighted by atomic mass is 16.5. The van der Waals surface area contributed by atoms with E-state index in [4.69, 9.17) is 23.5 Å². The lowest BCUT2D eigenvalue weighted by Crippen LogP contribution is -2.13. The maximum absolute atomic E-state index is 12.4. The molecule has 0 aliphatic heterocycles. The van der Waals surface area contributed by atoms with Crippen molar-refractivity contribution in [1.29, 1.82) is 5.26 Å². The lowest BCUT2D eigenvalue weighted by atomic mass is 10.1. The zero-order valence-electron chi connectivity index (χ0n) is 19.2. The number of nitriles is 1. The van der Waals surface area contributed by atoms with Gasteiger partial charge in [-0.15, -0.1) is 0 Å². The maximum Gasteiger partial charge on any atom is 0.267 e. The molecule has 0 spiro atoms. The zero-order chi connectivity index (χ0) is 24.3. The van der Waals surface area contributed by atoms with Crippen molar-refractivity contribution >= 4 is 17.8 Å². The summed E-state index contributed by atoms with van der Waals surface area (Å²) < 4.78 is 27.3. The average molecular weight is 463 g/mol. The first-order valence-corrected chi connectivity index (χ1v) is 10.6. The molecule has 2 aromatic carbocycles. The number of anilines is 1. The van der Waals surface area contributed by atoms with Gasteiger partial charge in [-0.25, -0.2) is 0 Å². The number of aromatic nitrogens is 1. The number of rotatable bonds is 11. The number of hydrogen-bond acceptors (Lipinski definition) is 8. The first-order chi connectivity index (χ1) is 16.5. The van der Waals surface area contributed by atoms with Gasteiger partial charge in [-0.3, -0.25) is 4.79 Å². The van der Waals surface area contributed by atoms with Crippen LogP contribution in [0.25, 0.3) is 6.08 Å². The summed E-state index contributed by atoms with van der Waals surface area (Å²) in [4.78, 5) is 12.4. The van der Waals surface area contributed by atoms with Gasteiger partial charge in [-0.1, -0.05) is 17.3 Å². The minimum Gasteiger partial charge on any atom is -0.497 e. The number of benzene rings is 2. The van der Waals surface area contributed by atoms with E-state index in [1.807, 2.05) is 31.2 Å². The average Bonchev–Trinajstić information content (AvgIpc) is 3.25. The zero-order valence-corrected chi connectivity index (χ0v) is 19.2. The van der Waals surface area contributed by atoms with Gasteiger partial charge in [0.05, 0.1) is 13.7 Å². The van der Waals surface area contributed by atoms with Gasteiger partial charge in [0.15, 0.2) is 17.3 Å². The molecule has 0 unspecified atom stereocenters. The molecule has 1 N–H and O–H groups in total. The van der Waals surface area contributed by atoms with E-state index in [9.17, 15) is 10.1 Å². The Hall–Kier alpha value is -4.45. The molecule has 0 radical (unpaired) electrons. The Bertz CT molecular complexity index is 1200. The summed E-state index contributed by atoms with van der Waals surface area (Å²) in [7, 11) is 1.60. The number of hydrogen-bond donors (Lipinski definition) is 1. The van der Waals surface area contributed by atoms with Crippen LogP contribution in [-0.2, 0) is 4.79 Å². The van der Waals surface area contributed by atoms with Gasteiger partial charge >= 0.3 is 0 Å². The van der Waals surface area contributed by atoms with Gasteiger partial charge in [0.25, 0.3) is 5.91 Å². The predicted octanol–water partition coefficient (Wildman–Crippen LogP) is 4.39. The molecule has 0 aliphatic carbocycles. The quantitative estimate of drug-likeness (QED) is 0.253. The molecule has 1 heterocycles. The summed E-state index contributed by atoms with van der Waals surface area (Å²) in [5.41, 5.74) is 0.509. The highest BCUT2D eigenvalue weighted by Gasteiger charge is 2.13. The first kappa shape index (κ1) is 24.2. The van der Waals surface area contributed by atoms with Crippen molar-refractivity contribution in [2.24, 2.45) is 0 Å². The molecule has 34 heavy (non-hydrogen) atoms. The molecular formula is C25H25N3O6. The molecule has 0 fully saturated rings. The Kier molecular flexibility index (Phi) is 8.52.